The highest BCUT2D eigenvalue weighted by molar-refractivity contribution is 6.04. The summed E-state index contributed by atoms with van der Waals surface area (Å²) < 4.78 is 0. The first-order valence-corrected chi connectivity index (χ1v) is 5.93. The molecule has 1 aliphatic rings. The van der Waals surface area contributed by atoms with E-state index in [1.54, 1.807) is 0 Å². The molecular weight excluding hydrogens is 200 g/mol. The van der Waals surface area contributed by atoms with Gasteiger partial charge >= 0.3 is 0 Å². The summed E-state index contributed by atoms with van der Waals surface area (Å²) in [7, 11) is 0. The predicted molar refractivity (Wildman–Crippen MR) is 65.5 cm³/mol. The molecule has 1 amide bonds. The molecule has 1 unspecified atom stereocenters. The Bertz CT molecular complexity index is 389. The van der Waals surface area contributed by atoms with Crippen molar-refractivity contribution < 1.29 is 4.79 Å². The monoisotopic (exact) mass is 218 g/mol. The van der Waals surface area contributed by atoms with Crippen molar-refractivity contribution in [3.63, 3.8) is 0 Å². The SMILES string of the molecule is CCCNC1C(=O)N(CC)c2ccccc21. The molecule has 0 radical (unpaired) electrons. The molecule has 0 fully saturated rings. The molecule has 0 bridgehead atoms. The van der Waals surface area contributed by atoms with E-state index in [1.807, 2.05) is 36.1 Å². The zero-order valence-corrected chi connectivity index (χ0v) is 9.86. The fourth-order valence-electron chi connectivity index (χ4n) is 2.20. The van der Waals surface area contributed by atoms with Crippen LogP contribution in [0, 0.1) is 0 Å². The van der Waals surface area contributed by atoms with Crippen LogP contribution in [-0.2, 0) is 4.79 Å². The highest BCUT2D eigenvalue weighted by atomic mass is 16.2. The molecule has 3 nitrogen and oxygen atoms in total. The maximum atomic E-state index is 12.2. The lowest BCUT2D eigenvalue weighted by molar-refractivity contribution is -0.119. The third kappa shape index (κ3) is 1.71. The van der Waals surface area contributed by atoms with E-state index in [0.717, 1.165) is 30.8 Å². The number of hydrogen-bond acceptors (Lipinski definition) is 2. The third-order valence-corrected chi connectivity index (χ3v) is 2.97. The molecule has 0 saturated carbocycles. The fraction of sp³-hybridized carbons (Fsp3) is 0.462. The van der Waals surface area contributed by atoms with E-state index in [0.29, 0.717) is 0 Å². The van der Waals surface area contributed by atoms with Gasteiger partial charge in [-0.25, -0.2) is 0 Å². The Kier molecular flexibility index (Phi) is 3.25. The molecule has 0 spiro atoms. The van der Waals surface area contributed by atoms with E-state index in [9.17, 15) is 4.79 Å². The van der Waals surface area contributed by atoms with Crippen molar-refractivity contribution in [3.05, 3.63) is 29.8 Å². The Balaban J connectivity index is 2.31. The molecule has 16 heavy (non-hydrogen) atoms. The van der Waals surface area contributed by atoms with Crippen LogP contribution in [-0.4, -0.2) is 19.0 Å². The van der Waals surface area contributed by atoms with E-state index >= 15 is 0 Å². The Morgan fingerprint density at radius 3 is 2.75 bits per heavy atom. The molecule has 0 aliphatic carbocycles. The van der Waals surface area contributed by atoms with Crippen LogP contribution in [0.15, 0.2) is 24.3 Å². The first kappa shape index (κ1) is 11.1. The van der Waals surface area contributed by atoms with Crippen molar-refractivity contribution in [2.75, 3.05) is 18.0 Å². The van der Waals surface area contributed by atoms with Gasteiger partial charge in [0.15, 0.2) is 0 Å². The number of rotatable bonds is 4. The van der Waals surface area contributed by atoms with Gasteiger partial charge in [-0.1, -0.05) is 25.1 Å². The maximum Gasteiger partial charge on any atom is 0.248 e. The van der Waals surface area contributed by atoms with Crippen LogP contribution in [0.2, 0.25) is 0 Å². The van der Waals surface area contributed by atoms with Gasteiger partial charge in [0.05, 0.1) is 0 Å². The number of anilines is 1. The first-order valence-electron chi connectivity index (χ1n) is 5.93. The quantitative estimate of drug-likeness (QED) is 0.839. The minimum atomic E-state index is -0.143. The molecule has 1 N–H and O–H groups in total. The minimum Gasteiger partial charge on any atom is -0.311 e. The second-order valence-corrected chi connectivity index (χ2v) is 4.03. The summed E-state index contributed by atoms with van der Waals surface area (Å²) in [6.45, 7) is 5.73. The molecule has 0 aromatic heterocycles. The number of nitrogens with zero attached hydrogens (tertiary/aromatic N) is 1. The minimum absolute atomic E-state index is 0.143. The molecule has 3 heteroatoms. The van der Waals surface area contributed by atoms with E-state index < -0.39 is 0 Å². The number of carbonyl (C=O) groups is 1. The van der Waals surface area contributed by atoms with E-state index in [4.69, 9.17) is 0 Å². The van der Waals surface area contributed by atoms with Gasteiger partial charge in [-0.15, -0.1) is 0 Å². The zero-order chi connectivity index (χ0) is 11.5. The van der Waals surface area contributed by atoms with Crippen LogP contribution >= 0.6 is 0 Å². The third-order valence-electron chi connectivity index (χ3n) is 2.97. The Morgan fingerprint density at radius 2 is 2.06 bits per heavy atom. The van der Waals surface area contributed by atoms with Crippen LogP contribution in [0.25, 0.3) is 0 Å². The highest BCUT2D eigenvalue weighted by Gasteiger charge is 2.35. The molecular formula is C13H18N2O. The van der Waals surface area contributed by atoms with Crippen LogP contribution in [0.3, 0.4) is 0 Å². The molecule has 1 aromatic carbocycles. The molecule has 0 saturated heterocycles. The fourth-order valence-corrected chi connectivity index (χ4v) is 2.20. The van der Waals surface area contributed by atoms with Crippen molar-refractivity contribution in [2.24, 2.45) is 0 Å². The lowest BCUT2D eigenvalue weighted by Crippen LogP contribution is -2.34. The zero-order valence-electron chi connectivity index (χ0n) is 9.86. The summed E-state index contributed by atoms with van der Waals surface area (Å²) in [6.07, 6.45) is 1.04. The van der Waals surface area contributed by atoms with Gasteiger partial charge in [-0.2, -0.15) is 0 Å². The number of hydrogen-bond donors (Lipinski definition) is 1. The normalized spacial score (nSPS) is 19.0. The molecule has 1 heterocycles. The lowest BCUT2D eigenvalue weighted by Gasteiger charge is -2.15. The summed E-state index contributed by atoms with van der Waals surface area (Å²) in [4.78, 5) is 14.0. The van der Waals surface area contributed by atoms with E-state index in [-0.39, 0.29) is 11.9 Å². The van der Waals surface area contributed by atoms with Gasteiger partial charge in [-0.3, -0.25) is 4.79 Å². The highest BCUT2D eigenvalue weighted by Crippen LogP contribution is 2.35. The van der Waals surface area contributed by atoms with Crippen LogP contribution < -0.4 is 10.2 Å². The number of para-hydroxylation sites is 1. The molecule has 86 valence electrons. The number of likely N-dealkylation sites (N-methyl/N-ethyl adjacent to an activating group) is 1. The maximum absolute atomic E-state index is 12.2. The van der Waals surface area contributed by atoms with Gasteiger partial charge in [0.2, 0.25) is 5.91 Å². The Labute approximate surface area is 96.5 Å². The summed E-state index contributed by atoms with van der Waals surface area (Å²) in [6, 6.07) is 7.89. The van der Waals surface area contributed by atoms with Crippen molar-refractivity contribution in [1.82, 2.24) is 5.32 Å². The Morgan fingerprint density at radius 1 is 1.31 bits per heavy atom. The van der Waals surface area contributed by atoms with Crippen molar-refractivity contribution >= 4 is 11.6 Å². The Hall–Kier alpha value is -1.35. The largest absolute Gasteiger partial charge is 0.311 e. The average molecular weight is 218 g/mol. The van der Waals surface area contributed by atoms with Crippen molar-refractivity contribution in [3.8, 4) is 0 Å². The molecule has 1 aliphatic heterocycles. The predicted octanol–water partition coefficient (Wildman–Crippen LogP) is 2.09. The summed E-state index contributed by atoms with van der Waals surface area (Å²) in [5.74, 6) is 0.178. The smallest absolute Gasteiger partial charge is 0.248 e. The topological polar surface area (TPSA) is 32.3 Å². The van der Waals surface area contributed by atoms with E-state index in [1.165, 1.54) is 0 Å². The number of amides is 1. The summed E-state index contributed by atoms with van der Waals surface area (Å²) in [5, 5.41) is 3.31. The van der Waals surface area contributed by atoms with Crippen LogP contribution in [0.1, 0.15) is 31.9 Å². The van der Waals surface area contributed by atoms with Crippen LogP contribution in [0.5, 0.6) is 0 Å². The average Bonchev–Trinajstić information content (AvgIpc) is 2.58. The molecule has 2 rings (SSSR count). The standard InChI is InChI=1S/C13H18N2O/c1-3-9-14-12-10-7-5-6-8-11(10)15(4-2)13(12)16/h5-8,12,14H,3-4,9H2,1-2H3. The first-order chi connectivity index (χ1) is 7.79. The van der Waals surface area contributed by atoms with Gasteiger partial charge < -0.3 is 10.2 Å². The van der Waals surface area contributed by atoms with Crippen molar-refractivity contribution in [1.29, 1.82) is 0 Å². The number of benzene rings is 1. The second-order valence-electron chi connectivity index (χ2n) is 4.03. The van der Waals surface area contributed by atoms with Crippen molar-refractivity contribution in [2.45, 2.75) is 26.3 Å². The van der Waals surface area contributed by atoms with Gasteiger partial charge in [-0.05, 0) is 26.0 Å². The van der Waals surface area contributed by atoms with E-state index in [2.05, 4.69) is 12.2 Å². The number of carbonyl (C=O) groups excluding carboxylic acids is 1. The second kappa shape index (κ2) is 4.66. The number of nitrogens with one attached hydrogen (secondary N) is 1. The van der Waals surface area contributed by atoms with Gasteiger partial charge in [0, 0.05) is 17.8 Å². The van der Waals surface area contributed by atoms with Gasteiger partial charge in [0.1, 0.15) is 6.04 Å². The molecule has 1 atom stereocenters. The summed E-state index contributed by atoms with van der Waals surface area (Å²) >= 11 is 0. The lowest BCUT2D eigenvalue weighted by atomic mass is 10.1. The van der Waals surface area contributed by atoms with Gasteiger partial charge in [0.25, 0.3) is 0 Å². The molecule has 1 aromatic rings. The number of fused-ring (bicyclic) bond motifs is 1. The summed E-state index contributed by atoms with van der Waals surface area (Å²) in [5.41, 5.74) is 2.17. The van der Waals surface area contributed by atoms with Crippen LogP contribution in [0.4, 0.5) is 5.69 Å².